The van der Waals surface area contributed by atoms with Gasteiger partial charge in [-0.3, -0.25) is 14.4 Å². The van der Waals surface area contributed by atoms with Gasteiger partial charge in [0, 0.05) is 0 Å². The summed E-state index contributed by atoms with van der Waals surface area (Å²) in [4.78, 5) is 52.2. The van der Waals surface area contributed by atoms with E-state index in [0.29, 0.717) is 22.8 Å². The highest BCUT2D eigenvalue weighted by atomic mass is 16.7. The van der Waals surface area contributed by atoms with Gasteiger partial charge in [0.1, 0.15) is 0 Å². The molecule has 0 amide bonds. The van der Waals surface area contributed by atoms with Crippen molar-refractivity contribution in [1.29, 1.82) is 0 Å². The SMILES string of the molecule is COC(=O)[C@H]1O[C@@H](Oc2cc(/C=C\c3cc(OC)c(OC)c(OC)c3)ccc2OC)[C@H](OC(=O)C(C)C)[C@@H](OC(=O)C(C)C)[C@@H]1OC(=O)C(C)C. The Bertz CT molecular complexity index is 1540. The largest absolute Gasteiger partial charge is 0.493 e. The van der Waals surface area contributed by atoms with E-state index in [1.165, 1.54) is 28.4 Å². The molecule has 0 spiro atoms. The number of carbonyl (C=O) groups excluding carboxylic acids is 4. The maximum atomic E-state index is 13.2. The fraction of sp³-hybridized carbons (Fsp3) is 0.514. The van der Waals surface area contributed by atoms with Gasteiger partial charge in [-0.2, -0.15) is 0 Å². The van der Waals surface area contributed by atoms with E-state index in [2.05, 4.69) is 0 Å². The first kappa shape index (κ1) is 40.4. The molecule has 1 fully saturated rings. The normalized spacial score (nSPS) is 20.2. The first-order valence-electron chi connectivity index (χ1n) is 16.4. The molecule has 0 aliphatic carbocycles. The summed E-state index contributed by atoms with van der Waals surface area (Å²) in [6.45, 7) is 9.59. The monoisotopic (exact) mass is 716 g/mol. The minimum absolute atomic E-state index is 0.121. The summed E-state index contributed by atoms with van der Waals surface area (Å²) in [6.07, 6.45) is -4.25. The van der Waals surface area contributed by atoms with Gasteiger partial charge in [0.25, 0.3) is 0 Å². The fourth-order valence-corrected chi connectivity index (χ4v) is 4.81. The van der Waals surface area contributed by atoms with Gasteiger partial charge in [-0.05, 0) is 35.4 Å². The lowest BCUT2D eigenvalue weighted by Crippen LogP contribution is -2.65. The quantitative estimate of drug-likeness (QED) is 0.139. The van der Waals surface area contributed by atoms with Gasteiger partial charge >= 0.3 is 23.9 Å². The van der Waals surface area contributed by atoms with Crippen molar-refractivity contribution < 1.29 is 66.5 Å². The highest BCUT2D eigenvalue weighted by Gasteiger charge is 2.56. The molecule has 0 bridgehead atoms. The lowest BCUT2D eigenvalue weighted by molar-refractivity contribution is -0.285. The van der Waals surface area contributed by atoms with E-state index in [4.69, 9.17) is 47.4 Å². The van der Waals surface area contributed by atoms with Crippen LogP contribution >= 0.6 is 0 Å². The second-order valence-electron chi connectivity index (χ2n) is 12.4. The molecule has 14 nitrogen and oxygen atoms in total. The average Bonchev–Trinajstić information content (AvgIpc) is 3.11. The second-order valence-corrected chi connectivity index (χ2v) is 12.4. The van der Waals surface area contributed by atoms with Crippen molar-refractivity contribution in [3.8, 4) is 28.7 Å². The summed E-state index contributed by atoms with van der Waals surface area (Å²) < 4.78 is 56.6. The molecule has 0 radical (unpaired) electrons. The van der Waals surface area contributed by atoms with Crippen LogP contribution in [0, 0.1) is 17.8 Å². The third-order valence-corrected chi connectivity index (χ3v) is 7.69. The molecular weight excluding hydrogens is 668 g/mol. The Labute approximate surface area is 298 Å². The zero-order chi connectivity index (χ0) is 38.0. The molecule has 1 aliphatic rings. The van der Waals surface area contributed by atoms with E-state index >= 15 is 0 Å². The van der Waals surface area contributed by atoms with Crippen molar-refractivity contribution in [2.45, 2.75) is 72.2 Å². The van der Waals surface area contributed by atoms with E-state index in [1.54, 1.807) is 78.0 Å². The van der Waals surface area contributed by atoms with E-state index in [0.717, 1.165) is 12.7 Å². The Hall–Kier alpha value is -4.98. The van der Waals surface area contributed by atoms with Crippen LogP contribution in [-0.4, -0.2) is 90.1 Å². The summed E-state index contributed by atoms with van der Waals surface area (Å²) in [5, 5.41) is 0. The average molecular weight is 717 g/mol. The molecule has 2 aromatic carbocycles. The molecule has 280 valence electrons. The van der Waals surface area contributed by atoms with Crippen LogP contribution in [0.2, 0.25) is 0 Å². The van der Waals surface area contributed by atoms with Gasteiger partial charge in [0.15, 0.2) is 41.3 Å². The Morgan fingerprint density at radius 2 is 1.06 bits per heavy atom. The number of methoxy groups -OCH3 is 5. The van der Waals surface area contributed by atoms with Crippen LogP contribution in [0.5, 0.6) is 28.7 Å². The summed E-state index contributed by atoms with van der Waals surface area (Å²) in [5.41, 5.74) is 1.37. The van der Waals surface area contributed by atoms with Crippen LogP contribution in [0.3, 0.4) is 0 Å². The molecule has 0 unspecified atom stereocenters. The van der Waals surface area contributed by atoms with Crippen LogP contribution in [0.1, 0.15) is 52.7 Å². The second kappa shape index (κ2) is 18.3. The maximum absolute atomic E-state index is 13.2. The van der Waals surface area contributed by atoms with Crippen molar-refractivity contribution in [3.63, 3.8) is 0 Å². The molecule has 3 rings (SSSR count). The van der Waals surface area contributed by atoms with E-state index in [1.807, 2.05) is 6.08 Å². The maximum Gasteiger partial charge on any atom is 0.339 e. The Morgan fingerprint density at radius 3 is 1.53 bits per heavy atom. The summed E-state index contributed by atoms with van der Waals surface area (Å²) in [5.74, 6) is -3.19. The van der Waals surface area contributed by atoms with Gasteiger partial charge in [0.2, 0.25) is 18.1 Å². The van der Waals surface area contributed by atoms with E-state index in [9.17, 15) is 19.2 Å². The first-order valence-corrected chi connectivity index (χ1v) is 16.4. The topological polar surface area (TPSA) is 161 Å². The summed E-state index contributed by atoms with van der Waals surface area (Å²) >= 11 is 0. The summed E-state index contributed by atoms with van der Waals surface area (Å²) in [6, 6.07) is 8.59. The number of carbonyl (C=O) groups is 4. The molecule has 1 aliphatic heterocycles. The van der Waals surface area contributed by atoms with E-state index in [-0.39, 0.29) is 11.5 Å². The smallest absolute Gasteiger partial charge is 0.339 e. The Kier molecular flexibility index (Phi) is 14.5. The van der Waals surface area contributed by atoms with Gasteiger partial charge in [-0.25, -0.2) is 4.79 Å². The molecule has 2 aromatic rings. The number of ether oxygens (including phenoxy) is 10. The highest BCUT2D eigenvalue weighted by Crippen LogP contribution is 2.39. The van der Waals surface area contributed by atoms with Crippen LogP contribution in [0.15, 0.2) is 30.3 Å². The molecule has 1 heterocycles. The molecule has 0 N–H and O–H groups in total. The van der Waals surface area contributed by atoms with E-state index < -0.39 is 72.3 Å². The van der Waals surface area contributed by atoms with Gasteiger partial charge in [0.05, 0.1) is 53.3 Å². The fourth-order valence-electron chi connectivity index (χ4n) is 4.81. The van der Waals surface area contributed by atoms with Crippen molar-refractivity contribution in [2.24, 2.45) is 17.8 Å². The van der Waals surface area contributed by atoms with Crippen LogP contribution in [0.4, 0.5) is 0 Å². The number of esters is 4. The zero-order valence-electron chi connectivity index (χ0n) is 30.9. The standard InChI is InChI=1S/C37H48O14/c1-19(2)33(38)48-29-30(49-34(39)20(3)4)32(50-35(40)21(5)6)37(51-31(29)36(41)46-11)47-25-16-22(14-15-24(25)42-7)12-13-23-17-26(43-8)28(45-10)27(18-23)44-9/h12-21,29-32,37H,1-11H3/b13-12-/t29-,30-,31-,32+,37+/m0/s1. The number of benzene rings is 2. The van der Waals surface area contributed by atoms with Crippen LogP contribution in [-0.2, 0) is 42.9 Å². The van der Waals surface area contributed by atoms with Crippen molar-refractivity contribution in [1.82, 2.24) is 0 Å². The van der Waals surface area contributed by atoms with Gasteiger partial charge < -0.3 is 47.4 Å². The van der Waals surface area contributed by atoms with Gasteiger partial charge in [-0.15, -0.1) is 0 Å². The third kappa shape index (κ3) is 10.1. The Balaban J connectivity index is 2.13. The number of hydrogen-bond donors (Lipinski definition) is 0. The molecule has 51 heavy (non-hydrogen) atoms. The van der Waals surface area contributed by atoms with Crippen molar-refractivity contribution in [2.75, 3.05) is 35.5 Å². The third-order valence-electron chi connectivity index (χ3n) is 7.69. The number of hydrogen-bond acceptors (Lipinski definition) is 14. The zero-order valence-corrected chi connectivity index (χ0v) is 30.9. The minimum atomic E-state index is -1.64. The minimum Gasteiger partial charge on any atom is -0.493 e. The lowest BCUT2D eigenvalue weighted by Gasteiger charge is -2.43. The lowest BCUT2D eigenvalue weighted by atomic mass is 9.97. The molecule has 14 heteroatoms. The predicted octanol–water partition coefficient (Wildman–Crippen LogP) is 4.87. The summed E-state index contributed by atoms with van der Waals surface area (Å²) in [7, 11) is 7.10. The van der Waals surface area contributed by atoms with Crippen LogP contribution in [0.25, 0.3) is 12.2 Å². The van der Waals surface area contributed by atoms with Crippen molar-refractivity contribution >= 4 is 36.0 Å². The van der Waals surface area contributed by atoms with Gasteiger partial charge in [-0.1, -0.05) is 59.8 Å². The molecule has 0 saturated carbocycles. The molecular formula is C37H48O14. The van der Waals surface area contributed by atoms with Crippen molar-refractivity contribution in [3.05, 3.63) is 41.5 Å². The predicted molar refractivity (Wildman–Crippen MR) is 183 cm³/mol. The first-order chi connectivity index (χ1) is 24.2. The number of rotatable bonds is 15. The molecule has 1 saturated heterocycles. The Morgan fingerprint density at radius 1 is 0.588 bits per heavy atom. The van der Waals surface area contributed by atoms with Crippen LogP contribution < -0.4 is 23.7 Å². The molecule has 5 atom stereocenters. The molecule has 0 aromatic heterocycles. The highest BCUT2D eigenvalue weighted by molar-refractivity contribution is 5.79.